The standard InChI is InChI=1S/C27H29NO11/c1-10-22(31)13(28)6-17(38-10)39-15-8-27(36,16(30)9-29)7-12-19(15)26(35)21-20(24(12)33)23(32)11-4-3-5-14(37-2)18(11)25(21)34/h3-5,10,13,15,17,22,29,31,33,35-36H,6-9,28H2,1-2H3/p+1/t10-,13-,15+,17?,22+,27-/m0/s1. The number of aromatic hydroxyl groups is 2. The maximum absolute atomic E-state index is 13.7. The number of hydrogen-bond acceptors (Lipinski definition) is 11. The summed E-state index contributed by atoms with van der Waals surface area (Å²) in [6, 6.07) is 3.90. The van der Waals surface area contributed by atoms with E-state index < -0.39 is 95.7 Å². The maximum atomic E-state index is 13.7. The molecule has 1 saturated heterocycles. The average Bonchev–Trinajstić information content (AvgIpc) is 2.90. The van der Waals surface area contributed by atoms with Crippen molar-refractivity contribution in [2.75, 3.05) is 13.7 Å². The Hall–Kier alpha value is -3.39. The zero-order valence-electron chi connectivity index (χ0n) is 21.3. The highest BCUT2D eigenvalue weighted by Crippen LogP contribution is 2.52. The third kappa shape index (κ3) is 4.11. The first kappa shape index (κ1) is 27.2. The first-order valence-electron chi connectivity index (χ1n) is 12.5. The molecule has 1 fully saturated rings. The molecule has 2 aliphatic carbocycles. The summed E-state index contributed by atoms with van der Waals surface area (Å²) in [7, 11) is 1.33. The van der Waals surface area contributed by atoms with Crippen LogP contribution in [-0.2, 0) is 20.7 Å². The Morgan fingerprint density at radius 1 is 1.15 bits per heavy atom. The van der Waals surface area contributed by atoms with Gasteiger partial charge in [0.15, 0.2) is 17.9 Å². The number of fused-ring (bicyclic) bond motifs is 3. The molecule has 8 N–H and O–H groups in total. The van der Waals surface area contributed by atoms with E-state index in [0.717, 1.165) is 0 Å². The monoisotopic (exact) mass is 544 g/mol. The lowest BCUT2D eigenvalue weighted by Crippen LogP contribution is -2.71. The number of ketones is 3. The summed E-state index contributed by atoms with van der Waals surface area (Å²) in [5, 5.41) is 53.8. The molecular formula is C27H30NO11+. The van der Waals surface area contributed by atoms with Gasteiger partial charge in [0.1, 0.15) is 41.6 Å². The van der Waals surface area contributed by atoms with E-state index in [0.29, 0.717) is 0 Å². The van der Waals surface area contributed by atoms with E-state index in [1.807, 2.05) is 0 Å². The fraction of sp³-hybridized carbons (Fsp3) is 0.444. The molecule has 1 unspecified atom stereocenters. The quantitative estimate of drug-likeness (QED) is 0.221. The molecule has 1 heterocycles. The Labute approximate surface area is 222 Å². The van der Waals surface area contributed by atoms with Gasteiger partial charge in [-0.1, -0.05) is 12.1 Å². The van der Waals surface area contributed by atoms with Crippen LogP contribution in [0, 0.1) is 0 Å². The van der Waals surface area contributed by atoms with Crippen molar-refractivity contribution in [3.8, 4) is 17.2 Å². The number of phenolic OH excluding ortho intramolecular Hbond substituents is 2. The molecule has 208 valence electrons. The van der Waals surface area contributed by atoms with Gasteiger partial charge in [-0.25, -0.2) is 0 Å². The highest BCUT2D eigenvalue weighted by atomic mass is 16.7. The summed E-state index contributed by atoms with van der Waals surface area (Å²) in [6.45, 7) is 0.610. The molecule has 0 radical (unpaired) electrons. The van der Waals surface area contributed by atoms with Crippen molar-refractivity contribution in [3.63, 3.8) is 0 Å². The summed E-state index contributed by atoms with van der Waals surface area (Å²) in [4.78, 5) is 39.8. The van der Waals surface area contributed by atoms with Crippen LogP contribution in [0.5, 0.6) is 17.2 Å². The summed E-state index contributed by atoms with van der Waals surface area (Å²) < 4.78 is 17.1. The predicted octanol–water partition coefficient (Wildman–Crippen LogP) is -0.715. The number of ether oxygens (including phenoxy) is 3. The minimum Gasteiger partial charge on any atom is -0.507 e. The lowest BCUT2D eigenvalue weighted by Gasteiger charge is -2.41. The lowest BCUT2D eigenvalue weighted by molar-refractivity contribution is -0.466. The zero-order valence-corrected chi connectivity index (χ0v) is 21.3. The molecule has 6 atom stereocenters. The van der Waals surface area contributed by atoms with Gasteiger partial charge in [0.25, 0.3) is 0 Å². The van der Waals surface area contributed by atoms with E-state index in [1.165, 1.54) is 25.3 Å². The number of hydrogen-bond donors (Lipinski definition) is 6. The number of rotatable bonds is 5. The van der Waals surface area contributed by atoms with Gasteiger partial charge in [0.2, 0.25) is 5.78 Å². The molecule has 39 heavy (non-hydrogen) atoms. The number of Topliss-reactive ketones (excluding diaryl/α,β-unsaturated/α-hetero) is 1. The van der Waals surface area contributed by atoms with Crippen LogP contribution in [0.2, 0.25) is 0 Å². The van der Waals surface area contributed by atoms with Crippen LogP contribution in [0.15, 0.2) is 18.2 Å². The van der Waals surface area contributed by atoms with Crippen LogP contribution in [0.3, 0.4) is 0 Å². The van der Waals surface area contributed by atoms with Crippen molar-refractivity contribution in [3.05, 3.63) is 51.6 Å². The third-order valence-electron chi connectivity index (χ3n) is 7.88. The Morgan fingerprint density at radius 3 is 2.49 bits per heavy atom. The van der Waals surface area contributed by atoms with E-state index in [1.54, 1.807) is 6.92 Å². The number of aliphatic hydroxyl groups excluding tert-OH is 2. The van der Waals surface area contributed by atoms with E-state index in [9.17, 15) is 39.9 Å². The van der Waals surface area contributed by atoms with Gasteiger partial charge in [0, 0.05) is 29.5 Å². The summed E-state index contributed by atoms with van der Waals surface area (Å²) in [6.07, 6.45) is -4.72. The first-order valence-corrected chi connectivity index (χ1v) is 12.5. The molecule has 0 bridgehead atoms. The summed E-state index contributed by atoms with van der Waals surface area (Å²) >= 11 is 0. The fourth-order valence-electron chi connectivity index (χ4n) is 5.81. The minimum absolute atomic E-state index is 0.0450. The molecule has 2 aromatic carbocycles. The van der Waals surface area contributed by atoms with E-state index in [2.05, 4.69) is 5.73 Å². The van der Waals surface area contributed by atoms with Crippen LogP contribution in [0.25, 0.3) is 0 Å². The van der Waals surface area contributed by atoms with Crippen molar-refractivity contribution in [2.24, 2.45) is 0 Å². The van der Waals surface area contributed by atoms with Crippen LogP contribution >= 0.6 is 0 Å². The van der Waals surface area contributed by atoms with Gasteiger partial charge in [-0.3, -0.25) is 14.4 Å². The van der Waals surface area contributed by atoms with Crippen LogP contribution in [-0.4, -0.2) is 86.7 Å². The Kier molecular flexibility index (Phi) is 6.74. The van der Waals surface area contributed by atoms with E-state index in [-0.39, 0.29) is 34.4 Å². The minimum atomic E-state index is -2.23. The Morgan fingerprint density at radius 2 is 1.85 bits per heavy atom. The Bertz CT molecular complexity index is 1380. The van der Waals surface area contributed by atoms with Crippen molar-refractivity contribution in [2.45, 2.75) is 62.4 Å². The number of carbonyl (C=O) groups excluding carboxylic acids is 3. The fourth-order valence-corrected chi connectivity index (χ4v) is 5.81. The SMILES string of the molecule is COc1cccc2c1C(=O)c1c(O)c3c(c(O)c1C2=O)C[C@@](O)(C(=O)CO)C[C@H]3OC1C[C@H]([NH3+])[C@H](O)[C@H](C)O1. The lowest BCUT2D eigenvalue weighted by atomic mass is 9.72. The molecule has 0 saturated carbocycles. The van der Waals surface area contributed by atoms with Gasteiger partial charge in [0.05, 0.1) is 42.4 Å². The second-order valence-electron chi connectivity index (χ2n) is 10.3. The van der Waals surface area contributed by atoms with Gasteiger partial charge in [-0.05, 0) is 13.0 Å². The molecule has 0 amide bonds. The second-order valence-corrected chi connectivity index (χ2v) is 10.3. The highest BCUT2D eigenvalue weighted by molar-refractivity contribution is 6.31. The number of benzene rings is 2. The molecule has 1 aliphatic heterocycles. The summed E-state index contributed by atoms with van der Waals surface area (Å²) in [5.41, 5.74) is 0.362. The van der Waals surface area contributed by atoms with Crippen LogP contribution in [0.4, 0.5) is 0 Å². The normalized spacial score (nSPS) is 29.8. The predicted molar refractivity (Wildman–Crippen MR) is 130 cm³/mol. The van der Waals surface area contributed by atoms with Crippen molar-refractivity contribution < 1.29 is 59.9 Å². The molecule has 5 rings (SSSR count). The van der Waals surface area contributed by atoms with Crippen LogP contribution in [0.1, 0.15) is 68.8 Å². The van der Waals surface area contributed by atoms with Gasteiger partial charge < -0.3 is 45.5 Å². The molecule has 12 nitrogen and oxygen atoms in total. The van der Waals surface area contributed by atoms with E-state index >= 15 is 0 Å². The van der Waals surface area contributed by atoms with Crippen molar-refractivity contribution >= 4 is 17.3 Å². The van der Waals surface area contributed by atoms with Gasteiger partial charge in [-0.15, -0.1) is 0 Å². The number of phenols is 2. The molecular weight excluding hydrogens is 514 g/mol. The van der Waals surface area contributed by atoms with E-state index in [4.69, 9.17) is 14.2 Å². The maximum Gasteiger partial charge on any atom is 0.202 e. The van der Waals surface area contributed by atoms with Crippen molar-refractivity contribution in [1.29, 1.82) is 0 Å². The van der Waals surface area contributed by atoms with Crippen molar-refractivity contribution in [1.82, 2.24) is 0 Å². The molecule has 3 aliphatic rings. The summed E-state index contributed by atoms with van der Waals surface area (Å²) in [5.74, 6) is -3.71. The molecule has 12 heteroatoms. The Balaban J connectivity index is 1.69. The smallest absolute Gasteiger partial charge is 0.202 e. The zero-order chi connectivity index (χ0) is 28.4. The molecule has 2 aromatic rings. The number of carbonyl (C=O) groups is 3. The highest BCUT2D eigenvalue weighted by Gasteiger charge is 2.50. The van der Waals surface area contributed by atoms with Gasteiger partial charge in [-0.2, -0.15) is 0 Å². The first-order chi connectivity index (χ1) is 18.4. The third-order valence-corrected chi connectivity index (χ3v) is 7.88. The topological polar surface area (TPSA) is 208 Å². The number of quaternary nitrogens is 1. The molecule has 0 aromatic heterocycles. The second kappa shape index (κ2) is 9.66. The average molecular weight is 545 g/mol. The molecule has 0 spiro atoms. The van der Waals surface area contributed by atoms with Gasteiger partial charge >= 0.3 is 0 Å². The van der Waals surface area contributed by atoms with Crippen LogP contribution < -0.4 is 10.5 Å². The number of methoxy groups -OCH3 is 1. The number of aliphatic hydroxyl groups is 3. The largest absolute Gasteiger partial charge is 0.507 e.